The zero-order valence-electron chi connectivity index (χ0n) is 20.6. The van der Waals surface area contributed by atoms with Crippen molar-refractivity contribution in [3.63, 3.8) is 0 Å². The molecule has 0 bridgehead atoms. The summed E-state index contributed by atoms with van der Waals surface area (Å²) in [5.74, 6) is 0.638. The number of carbonyl (C=O) groups excluding carboxylic acids is 2. The Hall–Kier alpha value is -3.80. The summed E-state index contributed by atoms with van der Waals surface area (Å²) in [6.07, 6.45) is 4.95. The maximum absolute atomic E-state index is 13.7. The van der Waals surface area contributed by atoms with E-state index in [1.165, 1.54) is 25.7 Å². The van der Waals surface area contributed by atoms with E-state index in [1.807, 2.05) is 42.5 Å². The molecule has 0 amide bonds. The first-order chi connectivity index (χ1) is 17.6. The van der Waals surface area contributed by atoms with Crippen LogP contribution in [0.3, 0.4) is 0 Å². The van der Waals surface area contributed by atoms with Gasteiger partial charge in [-0.15, -0.1) is 0 Å². The van der Waals surface area contributed by atoms with Crippen LogP contribution in [0.15, 0.2) is 60.7 Å². The molecule has 1 fully saturated rings. The van der Waals surface area contributed by atoms with Crippen molar-refractivity contribution >= 4 is 22.9 Å². The molecule has 0 aromatic heterocycles. The minimum atomic E-state index is -0.865. The fourth-order valence-corrected chi connectivity index (χ4v) is 6.09. The molecule has 1 saturated carbocycles. The predicted octanol–water partition coefficient (Wildman–Crippen LogP) is 5.82. The third kappa shape index (κ3) is 3.63. The number of nitrogens with zero attached hydrogens (tertiary/aromatic N) is 1. The van der Waals surface area contributed by atoms with Crippen LogP contribution in [0, 0.1) is 5.92 Å². The van der Waals surface area contributed by atoms with Crippen LogP contribution < -0.4 is 19.7 Å². The van der Waals surface area contributed by atoms with Gasteiger partial charge in [-0.3, -0.25) is 9.59 Å². The Bertz CT molecular complexity index is 1330. The van der Waals surface area contributed by atoms with Crippen molar-refractivity contribution in [3.05, 3.63) is 82.9 Å². The highest BCUT2D eigenvalue weighted by Gasteiger charge is 2.45. The van der Waals surface area contributed by atoms with E-state index in [0.717, 1.165) is 28.3 Å². The lowest BCUT2D eigenvalue weighted by molar-refractivity contribution is 0.0890. The Balaban J connectivity index is 1.32. The molecule has 36 heavy (non-hydrogen) atoms. The number of ketones is 2. The largest absolute Gasteiger partial charge is 0.495 e. The Morgan fingerprint density at radius 2 is 1.69 bits per heavy atom. The van der Waals surface area contributed by atoms with Gasteiger partial charge >= 0.3 is 0 Å². The molecule has 2 aliphatic carbocycles. The maximum Gasteiger partial charge on any atom is 0.179 e. The van der Waals surface area contributed by atoms with E-state index in [-0.39, 0.29) is 17.7 Å². The molecule has 3 aromatic carbocycles. The van der Waals surface area contributed by atoms with Crippen LogP contribution in [0.4, 0.5) is 11.4 Å². The Morgan fingerprint density at radius 3 is 2.44 bits per heavy atom. The molecule has 0 radical (unpaired) electrons. The summed E-state index contributed by atoms with van der Waals surface area (Å²) in [6, 6.07) is 18.8. The number of hydrogen-bond donors (Lipinski definition) is 1. The van der Waals surface area contributed by atoms with Gasteiger partial charge in [0, 0.05) is 18.2 Å². The second-order valence-electron chi connectivity index (χ2n) is 9.97. The first kappa shape index (κ1) is 22.7. The van der Waals surface area contributed by atoms with Crippen LogP contribution in [0.1, 0.15) is 63.4 Å². The van der Waals surface area contributed by atoms with Gasteiger partial charge in [-0.2, -0.15) is 0 Å². The first-order valence-electron chi connectivity index (χ1n) is 12.7. The van der Waals surface area contributed by atoms with Gasteiger partial charge in [0.2, 0.25) is 0 Å². The quantitative estimate of drug-likeness (QED) is 0.447. The van der Waals surface area contributed by atoms with E-state index in [0.29, 0.717) is 29.4 Å². The van der Waals surface area contributed by atoms with Crippen LogP contribution in [0.2, 0.25) is 0 Å². The number of methoxy groups -OCH3 is 1. The van der Waals surface area contributed by atoms with Gasteiger partial charge in [-0.05, 0) is 54.2 Å². The van der Waals surface area contributed by atoms with Gasteiger partial charge in [-0.1, -0.05) is 49.2 Å². The average Bonchev–Trinajstić information content (AvgIpc) is 3.61. The number of anilines is 2. The molecule has 184 valence electrons. The maximum atomic E-state index is 13.7. The highest BCUT2D eigenvalue weighted by atomic mass is 16.5. The third-order valence-electron chi connectivity index (χ3n) is 7.91. The molecule has 2 atom stereocenters. The number of benzene rings is 3. The van der Waals surface area contributed by atoms with E-state index < -0.39 is 5.92 Å². The van der Waals surface area contributed by atoms with E-state index in [2.05, 4.69) is 17.3 Å². The van der Waals surface area contributed by atoms with Crippen molar-refractivity contribution in [2.75, 3.05) is 24.4 Å². The van der Waals surface area contributed by atoms with Gasteiger partial charge in [0.15, 0.2) is 11.6 Å². The summed E-state index contributed by atoms with van der Waals surface area (Å²) in [4.78, 5) is 29.5. The van der Waals surface area contributed by atoms with Crippen LogP contribution in [-0.4, -0.2) is 31.9 Å². The molecule has 6 rings (SSSR count). The van der Waals surface area contributed by atoms with Gasteiger partial charge in [-0.25, -0.2) is 0 Å². The van der Waals surface area contributed by atoms with Crippen molar-refractivity contribution in [1.82, 2.24) is 0 Å². The van der Waals surface area contributed by atoms with Gasteiger partial charge in [0.25, 0.3) is 0 Å². The summed E-state index contributed by atoms with van der Waals surface area (Å²) < 4.78 is 11.6. The summed E-state index contributed by atoms with van der Waals surface area (Å²) in [7, 11) is 3.70. The Kier molecular flexibility index (Phi) is 5.67. The molecule has 0 spiro atoms. The summed E-state index contributed by atoms with van der Waals surface area (Å²) in [6.45, 7) is 0.399. The minimum Gasteiger partial charge on any atom is -0.495 e. The number of rotatable bonds is 6. The van der Waals surface area contributed by atoms with Crippen molar-refractivity contribution in [2.24, 2.45) is 5.92 Å². The predicted molar refractivity (Wildman–Crippen MR) is 139 cm³/mol. The molecular formula is C30H30N2O4. The number of fused-ring (bicyclic) bond motifs is 2. The molecule has 1 N–H and O–H groups in total. The molecule has 1 aliphatic heterocycles. The van der Waals surface area contributed by atoms with Crippen molar-refractivity contribution in [2.45, 2.75) is 44.4 Å². The zero-order valence-corrected chi connectivity index (χ0v) is 20.6. The Morgan fingerprint density at radius 1 is 0.944 bits per heavy atom. The number of carbonyl (C=O) groups is 2. The number of ether oxygens (including phenoxy) is 2. The SMILES string of the molecule is COc1ccc(C2C(=O)c3ccc(OCc4ccccc4)cc3C2=O)c2c1NC(C1CCCC1)N2C. The third-order valence-corrected chi connectivity index (χ3v) is 7.91. The van der Waals surface area contributed by atoms with Crippen LogP contribution in [0.5, 0.6) is 11.5 Å². The van der Waals surface area contributed by atoms with Crippen LogP contribution >= 0.6 is 0 Å². The fraction of sp³-hybridized carbons (Fsp3) is 0.333. The van der Waals surface area contributed by atoms with Gasteiger partial charge in [0.05, 0.1) is 12.8 Å². The normalized spacial score (nSPS) is 20.9. The van der Waals surface area contributed by atoms with E-state index in [4.69, 9.17) is 9.47 Å². The highest BCUT2D eigenvalue weighted by molar-refractivity contribution is 6.30. The number of Topliss-reactive ketones (excluding diaryl/α,β-unsaturated/α-hetero) is 2. The molecule has 6 nitrogen and oxygen atoms in total. The standard InChI is InChI=1S/C30H30N2O4/c1-32-27-22(14-15-24(35-2)26(27)31-30(32)19-10-6-7-11-19)25-28(33)21-13-12-20(16-23(21)29(25)34)36-17-18-8-4-3-5-9-18/h3-5,8-9,12-16,19,25,30-31H,6-7,10-11,17H2,1-2H3. The lowest BCUT2D eigenvalue weighted by Gasteiger charge is -2.28. The van der Waals surface area contributed by atoms with E-state index >= 15 is 0 Å². The molecule has 2 unspecified atom stereocenters. The van der Waals surface area contributed by atoms with E-state index in [1.54, 1.807) is 25.3 Å². The topological polar surface area (TPSA) is 67.9 Å². The minimum absolute atomic E-state index is 0.129. The van der Waals surface area contributed by atoms with E-state index in [9.17, 15) is 9.59 Å². The fourth-order valence-electron chi connectivity index (χ4n) is 6.09. The molecule has 1 heterocycles. The van der Waals surface area contributed by atoms with Crippen molar-refractivity contribution in [3.8, 4) is 11.5 Å². The Labute approximate surface area is 211 Å². The van der Waals surface area contributed by atoms with Crippen LogP contribution in [-0.2, 0) is 6.61 Å². The summed E-state index contributed by atoms with van der Waals surface area (Å²) in [5.41, 5.74) is 4.44. The average molecular weight is 483 g/mol. The molecular weight excluding hydrogens is 452 g/mol. The summed E-state index contributed by atoms with van der Waals surface area (Å²) >= 11 is 0. The molecule has 6 heteroatoms. The van der Waals surface area contributed by atoms with Crippen molar-refractivity contribution in [1.29, 1.82) is 0 Å². The highest BCUT2D eigenvalue weighted by Crippen LogP contribution is 2.50. The smallest absolute Gasteiger partial charge is 0.179 e. The van der Waals surface area contributed by atoms with Gasteiger partial charge < -0.3 is 19.7 Å². The lowest BCUT2D eigenvalue weighted by atomic mass is 9.91. The lowest BCUT2D eigenvalue weighted by Crippen LogP contribution is -2.38. The monoisotopic (exact) mass is 482 g/mol. The first-order valence-corrected chi connectivity index (χ1v) is 12.7. The zero-order chi connectivity index (χ0) is 24.8. The van der Waals surface area contributed by atoms with Crippen molar-refractivity contribution < 1.29 is 19.1 Å². The number of hydrogen-bond acceptors (Lipinski definition) is 6. The van der Waals surface area contributed by atoms with Gasteiger partial charge in [0.1, 0.15) is 35.9 Å². The molecule has 3 aliphatic rings. The molecule has 3 aromatic rings. The second kappa shape index (κ2) is 9.01. The number of nitrogens with one attached hydrogen (secondary N) is 1. The van der Waals surface area contributed by atoms with Crippen LogP contribution in [0.25, 0.3) is 0 Å². The summed E-state index contributed by atoms with van der Waals surface area (Å²) in [5, 5.41) is 3.66. The molecule has 0 saturated heterocycles. The second-order valence-corrected chi connectivity index (χ2v) is 9.97.